The lowest BCUT2D eigenvalue weighted by Gasteiger charge is -2.33. The number of methoxy groups -OCH3 is 1. The fourth-order valence-electron chi connectivity index (χ4n) is 4.94. The van der Waals surface area contributed by atoms with Crippen molar-refractivity contribution >= 4 is 33.3 Å². The van der Waals surface area contributed by atoms with Crippen LogP contribution in [0.15, 0.2) is 51.9 Å². The Kier molecular flexibility index (Phi) is 10.2. The monoisotopic (exact) mass is 629 g/mol. The molecule has 44 heavy (non-hydrogen) atoms. The standard InChI is InChI=1S/C30H39N5O8S/c1-18-15-35(19(2)17-36)28(37)14-22-13-23(31-30(38)32-29-20(3)33-43-21(29)4)7-12-26(22)42-27(18)16-34(5)44(39,40)25-10-8-24(41-6)9-11-25/h7-13,18-19,27,36H,14-17H2,1-6H3,(H2,31,32,38)/t18-,19+,27+/m1/s1. The van der Waals surface area contributed by atoms with Gasteiger partial charge in [-0.15, -0.1) is 0 Å². The number of likely N-dealkylation sites (N-methyl/N-ethyl adjacent to an activating group) is 1. The quantitative estimate of drug-likeness (QED) is 0.322. The average molecular weight is 630 g/mol. The number of amides is 3. The van der Waals surface area contributed by atoms with Crippen LogP contribution in [-0.2, 0) is 21.2 Å². The molecule has 1 aromatic heterocycles. The molecule has 4 rings (SSSR count). The van der Waals surface area contributed by atoms with Gasteiger partial charge in [0.15, 0.2) is 5.76 Å². The van der Waals surface area contributed by atoms with Crippen molar-refractivity contribution < 1.29 is 37.1 Å². The molecule has 0 fully saturated rings. The van der Waals surface area contributed by atoms with Gasteiger partial charge in [-0.1, -0.05) is 12.1 Å². The van der Waals surface area contributed by atoms with Crippen LogP contribution in [-0.4, -0.2) is 85.8 Å². The molecule has 2 aromatic carbocycles. The van der Waals surface area contributed by atoms with Gasteiger partial charge in [0.2, 0.25) is 15.9 Å². The summed E-state index contributed by atoms with van der Waals surface area (Å²) in [6, 6.07) is 10.1. The molecule has 1 aliphatic heterocycles. The second-order valence-corrected chi connectivity index (χ2v) is 13.0. The average Bonchev–Trinajstić information content (AvgIpc) is 3.33. The Morgan fingerprint density at radius 1 is 1.20 bits per heavy atom. The minimum Gasteiger partial charge on any atom is -0.497 e. The highest BCUT2D eigenvalue weighted by Crippen LogP contribution is 2.30. The fraction of sp³-hybridized carbons (Fsp3) is 0.433. The third-order valence-corrected chi connectivity index (χ3v) is 9.49. The Balaban J connectivity index is 1.62. The maximum Gasteiger partial charge on any atom is 0.323 e. The first-order valence-electron chi connectivity index (χ1n) is 14.1. The van der Waals surface area contributed by atoms with Crippen LogP contribution in [0.4, 0.5) is 16.2 Å². The lowest BCUT2D eigenvalue weighted by molar-refractivity contribution is -0.134. The van der Waals surface area contributed by atoms with Crippen molar-refractivity contribution in [3.05, 3.63) is 59.5 Å². The zero-order chi connectivity index (χ0) is 32.2. The van der Waals surface area contributed by atoms with E-state index in [-0.39, 0.29) is 42.8 Å². The first kappa shape index (κ1) is 32.8. The fourth-order valence-corrected chi connectivity index (χ4v) is 6.12. The number of aliphatic hydroxyl groups is 1. The molecule has 3 atom stereocenters. The number of aromatic nitrogens is 1. The summed E-state index contributed by atoms with van der Waals surface area (Å²) >= 11 is 0. The number of hydrogen-bond donors (Lipinski definition) is 3. The van der Waals surface area contributed by atoms with Gasteiger partial charge in [-0.05, 0) is 63.2 Å². The number of aliphatic hydroxyl groups excluding tert-OH is 1. The van der Waals surface area contributed by atoms with Crippen LogP contribution in [0.2, 0.25) is 0 Å². The van der Waals surface area contributed by atoms with Crippen LogP contribution in [0.1, 0.15) is 30.9 Å². The second-order valence-electron chi connectivity index (χ2n) is 10.9. The predicted molar refractivity (Wildman–Crippen MR) is 163 cm³/mol. The summed E-state index contributed by atoms with van der Waals surface area (Å²) in [5.74, 6) is 0.838. The Morgan fingerprint density at radius 3 is 2.52 bits per heavy atom. The molecule has 14 heteroatoms. The number of nitrogens with zero attached hydrogens (tertiary/aromatic N) is 3. The molecule has 0 bridgehead atoms. The van der Waals surface area contributed by atoms with E-state index in [9.17, 15) is 23.1 Å². The highest BCUT2D eigenvalue weighted by atomic mass is 32.2. The zero-order valence-corrected chi connectivity index (χ0v) is 26.5. The van der Waals surface area contributed by atoms with Crippen LogP contribution in [0.3, 0.4) is 0 Å². The Bertz CT molecular complexity index is 1570. The van der Waals surface area contributed by atoms with Crippen molar-refractivity contribution in [1.82, 2.24) is 14.4 Å². The number of carbonyl (C=O) groups is 2. The summed E-state index contributed by atoms with van der Waals surface area (Å²) in [6.07, 6.45) is -0.715. The number of ether oxygens (including phenoxy) is 2. The molecule has 13 nitrogen and oxygen atoms in total. The van der Waals surface area contributed by atoms with Crippen molar-refractivity contribution in [3.63, 3.8) is 0 Å². The zero-order valence-electron chi connectivity index (χ0n) is 25.7. The second kappa shape index (κ2) is 13.7. The summed E-state index contributed by atoms with van der Waals surface area (Å²) in [5, 5.41) is 19.2. The summed E-state index contributed by atoms with van der Waals surface area (Å²) < 4.78 is 44.8. The molecule has 1 aliphatic rings. The molecule has 0 aliphatic carbocycles. The lowest BCUT2D eigenvalue weighted by Crippen LogP contribution is -2.48. The summed E-state index contributed by atoms with van der Waals surface area (Å²) in [6.45, 7) is 7.00. The van der Waals surface area contributed by atoms with E-state index < -0.39 is 28.2 Å². The maximum absolute atomic E-state index is 13.5. The molecular formula is C30H39N5O8S. The molecule has 3 aromatic rings. The third-order valence-electron chi connectivity index (χ3n) is 7.65. The minimum absolute atomic E-state index is 0.00957. The third kappa shape index (κ3) is 7.31. The Hall–Kier alpha value is -4.14. The number of aryl methyl sites for hydroxylation is 2. The number of fused-ring (bicyclic) bond motifs is 1. The van der Waals surface area contributed by atoms with Gasteiger partial charge in [-0.2, -0.15) is 4.31 Å². The van der Waals surface area contributed by atoms with E-state index in [0.717, 1.165) is 0 Å². The molecule has 3 amide bonds. The van der Waals surface area contributed by atoms with Gasteiger partial charge in [-0.25, -0.2) is 13.2 Å². The van der Waals surface area contributed by atoms with E-state index in [4.69, 9.17) is 14.0 Å². The van der Waals surface area contributed by atoms with Crippen LogP contribution < -0.4 is 20.1 Å². The SMILES string of the molecule is COc1ccc(S(=O)(=O)N(C)C[C@@H]2Oc3ccc(NC(=O)Nc4c(C)noc4C)cc3CC(=O)N([C@@H](C)CO)C[C@H]2C)cc1. The van der Waals surface area contributed by atoms with E-state index in [1.165, 1.54) is 30.6 Å². The van der Waals surface area contributed by atoms with Gasteiger partial charge in [0, 0.05) is 30.8 Å². The molecule has 0 saturated heterocycles. The van der Waals surface area contributed by atoms with E-state index in [0.29, 0.717) is 39.9 Å². The van der Waals surface area contributed by atoms with Crippen LogP contribution in [0.5, 0.6) is 11.5 Å². The van der Waals surface area contributed by atoms with Gasteiger partial charge in [-0.3, -0.25) is 4.79 Å². The Labute approximate surface area is 257 Å². The number of benzene rings is 2. The van der Waals surface area contributed by atoms with E-state index in [2.05, 4.69) is 15.8 Å². The normalized spacial score (nSPS) is 18.0. The number of carbonyl (C=O) groups excluding carboxylic acids is 2. The molecule has 2 heterocycles. The molecule has 0 unspecified atom stereocenters. The molecule has 3 N–H and O–H groups in total. The number of nitrogens with one attached hydrogen (secondary N) is 2. The minimum atomic E-state index is -3.88. The van der Waals surface area contributed by atoms with Gasteiger partial charge >= 0.3 is 6.03 Å². The van der Waals surface area contributed by atoms with Crippen molar-refractivity contribution in [3.8, 4) is 11.5 Å². The van der Waals surface area contributed by atoms with Crippen molar-refractivity contribution in [1.29, 1.82) is 0 Å². The summed E-state index contributed by atoms with van der Waals surface area (Å²) in [5.41, 5.74) is 1.90. The summed E-state index contributed by atoms with van der Waals surface area (Å²) in [7, 11) is -0.893. The number of sulfonamides is 1. The first-order valence-corrected chi connectivity index (χ1v) is 15.6. The Morgan fingerprint density at radius 2 is 1.91 bits per heavy atom. The maximum atomic E-state index is 13.5. The lowest BCUT2D eigenvalue weighted by atomic mass is 10.0. The largest absolute Gasteiger partial charge is 0.497 e. The van der Waals surface area contributed by atoms with Gasteiger partial charge in [0.25, 0.3) is 0 Å². The van der Waals surface area contributed by atoms with Gasteiger partial charge in [0.1, 0.15) is 29.0 Å². The van der Waals surface area contributed by atoms with Crippen LogP contribution in [0.25, 0.3) is 0 Å². The van der Waals surface area contributed by atoms with E-state index >= 15 is 0 Å². The summed E-state index contributed by atoms with van der Waals surface area (Å²) in [4.78, 5) is 27.9. The number of urea groups is 1. The highest BCUT2D eigenvalue weighted by Gasteiger charge is 2.33. The molecule has 238 valence electrons. The number of rotatable bonds is 9. The smallest absolute Gasteiger partial charge is 0.323 e. The first-order chi connectivity index (χ1) is 20.8. The molecule has 0 spiro atoms. The highest BCUT2D eigenvalue weighted by molar-refractivity contribution is 7.89. The van der Waals surface area contributed by atoms with Crippen LogP contribution in [0, 0.1) is 19.8 Å². The van der Waals surface area contributed by atoms with Gasteiger partial charge in [0.05, 0.1) is 37.6 Å². The predicted octanol–water partition coefficient (Wildman–Crippen LogP) is 3.41. The van der Waals surface area contributed by atoms with E-state index in [1.54, 1.807) is 56.0 Å². The molecule has 0 radical (unpaired) electrons. The molecular weight excluding hydrogens is 590 g/mol. The number of anilines is 2. The topological polar surface area (TPSA) is 164 Å². The van der Waals surface area contributed by atoms with E-state index in [1.807, 2.05) is 6.92 Å². The number of hydrogen-bond acceptors (Lipinski definition) is 9. The van der Waals surface area contributed by atoms with Gasteiger partial charge < -0.3 is 34.6 Å². The van der Waals surface area contributed by atoms with Crippen LogP contribution >= 0.6 is 0 Å². The van der Waals surface area contributed by atoms with Crippen molar-refractivity contribution in [2.75, 3.05) is 44.5 Å². The molecule has 0 saturated carbocycles. The van der Waals surface area contributed by atoms with Crippen molar-refractivity contribution in [2.45, 2.75) is 51.2 Å². The van der Waals surface area contributed by atoms with Crippen molar-refractivity contribution in [2.24, 2.45) is 5.92 Å².